The Morgan fingerprint density at radius 3 is 2.39 bits per heavy atom. The van der Waals surface area contributed by atoms with Gasteiger partial charge in [-0.15, -0.1) is 0 Å². The highest BCUT2D eigenvalue weighted by Gasteiger charge is 2.13. The first-order valence-corrected chi connectivity index (χ1v) is 6.49. The van der Waals surface area contributed by atoms with E-state index >= 15 is 0 Å². The van der Waals surface area contributed by atoms with Crippen LogP contribution < -0.4 is 10.6 Å². The molecule has 0 aliphatic rings. The van der Waals surface area contributed by atoms with Gasteiger partial charge in [-0.05, 0) is 29.8 Å². The minimum absolute atomic E-state index is 0.0668. The molecule has 2 rings (SSSR count). The van der Waals surface area contributed by atoms with Crippen molar-refractivity contribution in [2.75, 3.05) is 11.9 Å². The molecule has 0 radical (unpaired) electrons. The number of hydrogen-bond donors (Lipinski definition) is 3. The van der Waals surface area contributed by atoms with E-state index in [4.69, 9.17) is 0 Å². The Kier molecular flexibility index (Phi) is 5.17. The number of anilines is 1. The lowest BCUT2D eigenvalue weighted by Crippen LogP contribution is -2.32. The van der Waals surface area contributed by atoms with E-state index in [2.05, 4.69) is 10.6 Å². The lowest BCUT2D eigenvalue weighted by molar-refractivity contribution is 0.174. The second kappa shape index (κ2) is 7.10. The number of amides is 2. The van der Waals surface area contributed by atoms with Gasteiger partial charge >= 0.3 is 6.03 Å². The van der Waals surface area contributed by atoms with Crippen molar-refractivity contribution in [1.82, 2.24) is 5.32 Å². The molecule has 4 nitrogen and oxygen atoms in total. The summed E-state index contributed by atoms with van der Waals surface area (Å²) in [5.41, 5.74) is -0.177. The zero-order chi connectivity index (χ0) is 17.0. The van der Waals surface area contributed by atoms with Crippen molar-refractivity contribution >= 4 is 11.7 Å². The first kappa shape index (κ1) is 16.8. The van der Waals surface area contributed by atoms with E-state index in [1.807, 2.05) is 0 Å². The van der Waals surface area contributed by atoms with Gasteiger partial charge in [0.05, 0.1) is 11.8 Å². The highest BCUT2D eigenvalue weighted by atomic mass is 19.2. The van der Waals surface area contributed by atoms with Crippen molar-refractivity contribution in [2.24, 2.45) is 0 Å². The van der Waals surface area contributed by atoms with Gasteiger partial charge in [-0.1, -0.05) is 6.07 Å². The zero-order valence-electron chi connectivity index (χ0n) is 11.6. The smallest absolute Gasteiger partial charge is 0.319 e. The quantitative estimate of drug-likeness (QED) is 0.755. The van der Waals surface area contributed by atoms with Crippen LogP contribution in [0, 0.1) is 23.3 Å². The van der Waals surface area contributed by atoms with Crippen molar-refractivity contribution in [1.29, 1.82) is 0 Å². The lowest BCUT2D eigenvalue weighted by Gasteiger charge is -2.13. The summed E-state index contributed by atoms with van der Waals surface area (Å²) in [5, 5.41) is 14.1. The molecule has 8 heteroatoms. The molecular weight excluding hydrogens is 316 g/mol. The minimum Gasteiger partial charge on any atom is -0.387 e. The Morgan fingerprint density at radius 2 is 1.74 bits per heavy atom. The molecule has 0 spiro atoms. The Bertz CT molecular complexity index is 725. The van der Waals surface area contributed by atoms with Gasteiger partial charge in [0.2, 0.25) is 0 Å². The second-order valence-electron chi connectivity index (χ2n) is 4.65. The van der Waals surface area contributed by atoms with Crippen molar-refractivity contribution in [3.63, 3.8) is 0 Å². The zero-order valence-corrected chi connectivity index (χ0v) is 11.6. The third-order valence-corrected chi connectivity index (χ3v) is 2.96. The summed E-state index contributed by atoms with van der Waals surface area (Å²) in [4.78, 5) is 11.6. The number of hydrogen-bond acceptors (Lipinski definition) is 2. The standard InChI is InChI=1S/C15H12F4N2O2/c16-9-2-4-13(12(19)6-9)21-15(23)20-7-14(22)8-1-3-10(17)11(18)5-8/h1-6,14,22H,7H2,(H2,20,21,23). The van der Waals surface area contributed by atoms with E-state index in [0.29, 0.717) is 6.07 Å². The fourth-order valence-corrected chi connectivity index (χ4v) is 1.78. The Balaban J connectivity index is 1.91. The molecule has 3 N–H and O–H groups in total. The number of rotatable bonds is 4. The predicted molar refractivity (Wildman–Crippen MR) is 74.7 cm³/mol. The van der Waals surface area contributed by atoms with Crippen LogP contribution in [0.2, 0.25) is 0 Å². The van der Waals surface area contributed by atoms with Crippen LogP contribution in [0.3, 0.4) is 0 Å². The van der Waals surface area contributed by atoms with Crippen LogP contribution in [0.25, 0.3) is 0 Å². The molecule has 2 aromatic carbocycles. The van der Waals surface area contributed by atoms with Crippen LogP contribution in [0.15, 0.2) is 36.4 Å². The van der Waals surface area contributed by atoms with Gasteiger partial charge in [-0.2, -0.15) is 0 Å². The molecule has 1 unspecified atom stereocenters. The van der Waals surface area contributed by atoms with Crippen LogP contribution >= 0.6 is 0 Å². The maximum atomic E-state index is 13.3. The maximum absolute atomic E-state index is 13.3. The van der Waals surface area contributed by atoms with Crippen LogP contribution in [-0.4, -0.2) is 17.7 Å². The van der Waals surface area contributed by atoms with Crippen LogP contribution in [0.4, 0.5) is 28.0 Å². The Hall–Kier alpha value is -2.61. The van der Waals surface area contributed by atoms with Crippen molar-refractivity contribution in [3.05, 3.63) is 65.2 Å². The number of carbonyl (C=O) groups excluding carboxylic acids is 1. The summed E-state index contributed by atoms with van der Waals surface area (Å²) < 4.78 is 51.9. The number of carbonyl (C=O) groups is 1. The van der Waals surface area contributed by atoms with Gasteiger partial charge in [0.15, 0.2) is 11.6 Å². The van der Waals surface area contributed by atoms with E-state index in [1.54, 1.807) is 0 Å². The predicted octanol–water partition coefficient (Wildman–Crippen LogP) is 3.10. The van der Waals surface area contributed by atoms with Gasteiger partial charge in [0, 0.05) is 12.6 Å². The SMILES string of the molecule is O=C(NCC(O)c1ccc(F)c(F)c1)Nc1ccc(F)cc1F. The van der Waals surface area contributed by atoms with E-state index in [0.717, 1.165) is 24.3 Å². The van der Waals surface area contributed by atoms with Crippen molar-refractivity contribution < 1.29 is 27.5 Å². The normalized spacial score (nSPS) is 11.9. The molecule has 0 saturated heterocycles. The van der Waals surface area contributed by atoms with Crippen molar-refractivity contribution in [2.45, 2.75) is 6.10 Å². The summed E-state index contributed by atoms with van der Waals surface area (Å²) in [6, 6.07) is 4.58. The maximum Gasteiger partial charge on any atom is 0.319 e. The molecule has 0 saturated carbocycles. The van der Waals surface area contributed by atoms with Gasteiger partial charge in [-0.25, -0.2) is 22.4 Å². The molecule has 2 aromatic rings. The van der Waals surface area contributed by atoms with E-state index in [9.17, 15) is 27.5 Å². The summed E-state index contributed by atoms with van der Waals surface area (Å²) >= 11 is 0. The van der Waals surface area contributed by atoms with E-state index in [1.165, 1.54) is 6.07 Å². The van der Waals surface area contributed by atoms with Crippen LogP contribution in [0.5, 0.6) is 0 Å². The molecule has 0 heterocycles. The molecule has 122 valence electrons. The Labute approximate surface area is 128 Å². The molecule has 0 aliphatic heterocycles. The molecule has 0 bridgehead atoms. The van der Waals surface area contributed by atoms with Gasteiger partial charge in [0.25, 0.3) is 0 Å². The molecule has 2 amide bonds. The second-order valence-corrected chi connectivity index (χ2v) is 4.65. The first-order chi connectivity index (χ1) is 10.9. The fraction of sp³-hybridized carbons (Fsp3) is 0.133. The first-order valence-electron chi connectivity index (χ1n) is 6.49. The minimum atomic E-state index is -1.28. The average molecular weight is 328 g/mol. The van der Waals surface area contributed by atoms with Crippen LogP contribution in [0.1, 0.15) is 11.7 Å². The summed E-state index contributed by atoms with van der Waals surface area (Å²) in [5.74, 6) is -3.93. The molecule has 0 fully saturated rings. The van der Waals surface area contributed by atoms with E-state index < -0.39 is 35.4 Å². The molecule has 0 aliphatic carbocycles. The number of aliphatic hydroxyl groups excluding tert-OH is 1. The largest absolute Gasteiger partial charge is 0.387 e. The third kappa shape index (κ3) is 4.43. The highest BCUT2D eigenvalue weighted by molar-refractivity contribution is 5.89. The number of benzene rings is 2. The molecule has 0 aromatic heterocycles. The Morgan fingerprint density at radius 1 is 1.00 bits per heavy atom. The van der Waals surface area contributed by atoms with Gasteiger partial charge in [0.1, 0.15) is 11.6 Å². The number of urea groups is 1. The number of nitrogens with one attached hydrogen (secondary N) is 2. The molecular formula is C15H12F4N2O2. The third-order valence-electron chi connectivity index (χ3n) is 2.96. The van der Waals surface area contributed by atoms with Gasteiger partial charge < -0.3 is 15.7 Å². The monoisotopic (exact) mass is 328 g/mol. The molecule has 23 heavy (non-hydrogen) atoms. The summed E-state index contributed by atoms with van der Waals surface area (Å²) in [7, 11) is 0. The summed E-state index contributed by atoms with van der Waals surface area (Å²) in [6.07, 6.45) is -1.28. The fourth-order valence-electron chi connectivity index (χ4n) is 1.78. The number of halogens is 4. The summed E-state index contributed by atoms with van der Waals surface area (Å²) in [6.45, 7) is -0.320. The van der Waals surface area contributed by atoms with Crippen LogP contribution in [-0.2, 0) is 0 Å². The average Bonchev–Trinajstić information content (AvgIpc) is 2.50. The molecule has 1 atom stereocenters. The topological polar surface area (TPSA) is 61.4 Å². The van der Waals surface area contributed by atoms with E-state index in [-0.39, 0.29) is 17.8 Å². The number of aliphatic hydroxyl groups is 1. The van der Waals surface area contributed by atoms with Crippen molar-refractivity contribution in [3.8, 4) is 0 Å². The lowest BCUT2D eigenvalue weighted by atomic mass is 10.1. The highest BCUT2D eigenvalue weighted by Crippen LogP contribution is 2.16. The van der Waals surface area contributed by atoms with Gasteiger partial charge in [-0.3, -0.25) is 0 Å².